The van der Waals surface area contributed by atoms with Gasteiger partial charge in [0.15, 0.2) is 0 Å². The van der Waals surface area contributed by atoms with Crippen LogP contribution in [0.2, 0.25) is 0 Å². The molecule has 2 amide bonds. The third-order valence-electron chi connectivity index (χ3n) is 10.8. The average molecular weight is 660 g/mol. The molecule has 0 bridgehead atoms. The average Bonchev–Trinajstić information content (AvgIpc) is 3.62. The Bertz CT molecular complexity index is 1730. The predicted octanol–water partition coefficient (Wildman–Crippen LogP) is 5.26. The summed E-state index contributed by atoms with van der Waals surface area (Å²) >= 11 is 0. The van der Waals surface area contributed by atoms with Gasteiger partial charge in [-0.15, -0.1) is 0 Å². The van der Waals surface area contributed by atoms with Gasteiger partial charge in [0.1, 0.15) is 12.7 Å². The maximum atomic E-state index is 12.9. The smallest absolute Gasteiger partial charge is 0.407 e. The van der Waals surface area contributed by atoms with Crippen molar-refractivity contribution in [2.24, 2.45) is 0 Å². The molecule has 1 saturated carbocycles. The van der Waals surface area contributed by atoms with Crippen molar-refractivity contribution in [2.75, 3.05) is 31.8 Å². The largest absolute Gasteiger partial charge is 0.453 e. The van der Waals surface area contributed by atoms with Crippen molar-refractivity contribution in [2.45, 2.75) is 68.7 Å². The third-order valence-corrected chi connectivity index (χ3v) is 10.8. The number of nitrogens with zero attached hydrogens (tertiary/aromatic N) is 2. The molecule has 254 valence electrons. The number of nitrogens with one attached hydrogen (secondary N) is 5. The molecule has 49 heavy (non-hydrogen) atoms. The number of rotatable bonds is 9. The van der Waals surface area contributed by atoms with Gasteiger partial charge in [0, 0.05) is 24.6 Å². The quantitative estimate of drug-likeness (QED) is 0.212. The number of benzene rings is 3. The van der Waals surface area contributed by atoms with E-state index in [1.54, 1.807) is 0 Å². The molecule has 0 radical (unpaired) electrons. The Kier molecular flexibility index (Phi) is 8.53. The standard InChI is InChI=1S/C39H45N7O3/c1-49-39(48)42-23-37(47)45-20-2-3-36(45)38-41-22-33(44-38)28-8-12-30(13-9-28)35-19-18-34(29-10-6-27(7-11-29)32-21-40-24-43-32)46(35)31-16-14-26(15-17-31)25-4-5-25/h6-17,21-22,25,34-36,38,40-41,43-44H,2-5,18-20,23-24H2,1H3,(H,42,48)/t34-,35+,36+,38?/m1/s1. The zero-order chi connectivity index (χ0) is 33.3. The molecule has 4 heterocycles. The summed E-state index contributed by atoms with van der Waals surface area (Å²) in [6.45, 7) is 1.38. The Hall–Kier alpha value is -5.12. The molecule has 0 spiro atoms. The molecule has 4 atom stereocenters. The lowest BCUT2D eigenvalue weighted by Crippen LogP contribution is -2.53. The Labute approximate surface area is 288 Å². The Morgan fingerprint density at radius 3 is 2.06 bits per heavy atom. The first kappa shape index (κ1) is 31.2. The van der Waals surface area contributed by atoms with Gasteiger partial charge in [-0.2, -0.15) is 0 Å². The summed E-state index contributed by atoms with van der Waals surface area (Å²) in [5.74, 6) is 0.632. The first-order valence-corrected chi connectivity index (χ1v) is 17.7. The minimum Gasteiger partial charge on any atom is -0.453 e. The van der Waals surface area contributed by atoms with Crippen molar-refractivity contribution in [1.29, 1.82) is 0 Å². The van der Waals surface area contributed by atoms with Crippen LogP contribution in [0.4, 0.5) is 10.5 Å². The van der Waals surface area contributed by atoms with Crippen molar-refractivity contribution >= 4 is 29.1 Å². The van der Waals surface area contributed by atoms with E-state index < -0.39 is 6.09 Å². The van der Waals surface area contributed by atoms with Gasteiger partial charge in [0.25, 0.3) is 0 Å². The molecule has 4 aliphatic heterocycles. The predicted molar refractivity (Wildman–Crippen MR) is 191 cm³/mol. The SMILES string of the molecule is COC(=O)NCC(=O)N1CCC[C@H]1C1NC=C(c2ccc([C@@H]3CC[C@H](c4ccc(C5=CNCN5)cc4)N3c3ccc(C4CC4)cc3)cc2)N1. The minimum absolute atomic E-state index is 0.00728. The van der Waals surface area contributed by atoms with Crippen LogP contribution in [-0.2, 0) is 9.53 Å². The Balaban J connectivity index is 0.978. The molecule has 3 aromatic rings. The van der Waals surface area contributed by atoms with Crippen LogP contribution in [0.25, 0.3) is 11.4 Å². The number of amides is 2. The Morgan fingerprint density at radius 1 is 0.796 bits per heavy atom. The van der Waals surface area contributed by atoms with Crippen molar-refractivity contribution in [1.82, 2.24) is 31.5 Å². The van der Waals surface area contributed by atoms with E-state index in [1.165, 1.54) is 47.9 Å². The second-order valence-electron chi connectivity index (χ2n) is 13.7. The van der Waals surface area contributed by atoms with E-state index in [9.17, 15) is 9.59 Å². The highest BCUT2D eigenvalue weighted by molar-refractivity contribution is 5.83. The number of hydrogen-bond acceptors (Lipinski definition) is 8. The van der Waals surface area contributed by atoms with Crippen LogP contribution in [0.5, 0.6) is 0 Å². The number of hydrogen-bond donors (Lipinski definition) is 5. The van der Waals surface area contributed by atoms with Gasteiger partial charge < -0.3 is 41.1 Å². The van der Waals surface area contributed by atoms with E-state index in [0.29, 0.717) is 6.54 Å². The molecule has 1 aliphatic carbocycles. The van der Waals surface area contributed by atoms with Crippen molar-refractivity contribution in [3.63, 3.8) is 0 Å². The summed E-state index contributed by atoms with van der Waals surface area (Å²) in [5.41, 5.74) is 9.86. The summed E-state index contributed by atoms with van der Waals surface area (Å²) in [6, 6.07) is 28.0. The molecule has 3 fully saturated rings. The van der Waals surface area contributed by atoms with Crippen LogP contribution < -0.4 is 31.5 Å². The molecule has 5 N–H and O–H groups in total. The van der Waals surface area contributed by atoms with E-state index in [4.69, 9.17) is 0 Å². The highest BCUT2D eigenvalue weighted by Crippen LogP contribution is 2.48. The highest BCUT2D eigenvalue weighted by atomic mass is 16.5. The van der Waals surface area contributed by atoms with Gasteiger partial charge in [-0.3, -0.25) is 4.79 Å². The van der Waals surface area contributed by atoms with Crippen LogP contribution in [0.15, 0.2) is 85.2 Å². The molecular weight excluding hydrogens is 614 g/mol. The van der Waals surface area contributed by atoms with Crippen LogP contribution in [0.3, 0.4) is 0 Å². The normalized spacial score (nSPS) is 24.3. The van der Waals surface area contributed by atoms with Gasteiger partial charge in [0.05, 0.1) is 43.3 Å². The van der Waals surface area contributed by atoms with E-state index in [1.807, 2.05) is 17.3 Å². The van der Waals surface area contributed by atoms with Crippen LogP contribution in [-0.4, -0.2) is 56.0 Å². The summed E-state index contributed by atoms with van der Waals surface area (Å²) in [5, 5.41) is 16.2. The zero-order valence-electron chi connectivity index (χ0n) is 28.0. The molecule has 0 aromatic heterocycles. The van der Waals surface area contributed by atoms with Crippen LogP contribution in [0, 0.1) is 0 Å². The van der Waals surface area contributed by atoms with E-state index in [2.05, 4.69) is 109 Å². The molecule has 5 aliphatic rings. The fourth-order valence-electron chi connectivity index (χ4n) is 8.03. The monoisotopic (exact) mass is 659 g/mol. The summed E-state index contributed by atoms with van der Waals surface area (Å²) in [4.78, 5) is 28.9. The molecule has 10 nitrogen and oxygen atoms in total. The lowest BCUT2D eigenvalue weighted by Gasteiger charge is -2.33. The van der Waals surface area contributed by atoms with E-state index in [-0.39, 0.29) is 36.7 Å². The molecule has 2 saturated heterocycles. The minimum atomic E-state index is -0.599. The Morgan fingerprint density at radius 2 is 1.45 bits per heavy atom. The molecule has 10 heteroatoms. The van der Waals surface area contributed by atoms with E-state index >= 15 is 0 Å². The third kappa shape index (κ3) is 6.39. The van der Waals surface area contributed by atoms with E-state index in [0.717, 1.165) is 55.2 Å². The number of carbonyl (C=O) groups excluding carboxylic acids is 2. The van der Waals surface area contributed by atoms with Crippen molar-refractivity contribution < 1.29 is 14.3 Å². The molecule has 1 unspecified atom stereocenters. The number of alkyl carbamates (subject to hydrolysis) is 1. The highest BCUT2D eigenvalue weighted by Gasteiger charge is 2.38. The molecule has 8 rings (SSSR count). The second-order valence-corrected chi connectivity index (χ2v) is 13.7. The first-order chi connectivity index (χ1) is 24.1. The number of likely N-dealkylation sites (tertiary alicyclic amines) is 1. The number of ether oxygens (including phenoxy) is 1. The maximum Gasteiger partial charge on any atom is 0.407 e. The van der Waals surface area contributed by atoms with Crippen molar-refractivity contribution in [3.8, 4) is 0 Å². The summed E-state index contributed by atoms with van der Waals surface area (Å²) < 4.78 is 4.62. The molecular formula is C39H45N7O3. The topological polar surface area (TPSA) is 110 Å². The van der Waals surface area contributed by atoms with Crippen LogP contribution in [0.1, 0.15) is 84.3 Å². The first-order valence-electron chi connectivity index (χ1n) is 17.7. The molecule has 3 aromatic carbocycles. The van der Waals surface area contributed by atoms with Crippen molar-refractivity contribution in [3.05, 3.63) is 113 Å². The zero-order valence-corrected chi connectivity index (χ0v) is 28.0. The van der Waals surface area contributed by atoms with Gasteiger partial charge in [-0.1, -0.05) is 60.7 Å². The van der Waals surface area contributed by atoms with Gasteiger partial charge >= 0.3 is 6.09 Å². The number of carbonyl (C=O) groups is 2. The lowest BCUT2D eigenvalue weighted by atomic mass is 10.0. The van der Waals surface area contributed by atoms with Gasteiger partial charge in [-0.25, -0.2) is 4.79 Å². The number of anilines is 1. The summed E-state index contributed by atoms with van der Waals surface area (Å²) in [6.07, 6.45) is 9.97. The van der Waals surface area contributed by atoms with Gasteiger partial charge in [-0.05, 0) is 84.4 Å². The maximum absolute atomic E-state index is 12.9. The fourth-order valence-corrected chi connectivity index (χ4v) is 8.03. The van der Waals surface area contributed by atoms with Gasteiger partial charge in [0.2, 0.25) is 5.91 Å². The lowest BCUT2D eigenvalue weighted by molar-refractivity contribution is -0.131. The van der Waals surface area contributed by atoms with Crippen LogP contribution >= 0.6 is 0 Å². The fraction of sp³-hybridized carbons (Fsp3) is 0.385. The second kappa shape index (κ2) is 13.4. The number of methoxy groups -OCH3 is 1. The summed E-state index contributed by atoms with van der Waals surface area (Å²) in [7, 11) is 1.30.